The summed E-state index contributed by atoms with van der Waals surface area (Å²) in [5, 5.41) is 0. The summed E-state index contributed by atoms with van der Waals surface area (Å²) in [5.74, 6) is 1.51. The number of benzene rings is 1. The maximum absolute atomic E-state index is 13.5. The van der Waals surface area contributed by atoms with E-state index in [1.165, 1.54) is 6.07 Å². The third-order valence-corrected chi connectivity index (χ3v) is 3.66. The van der Waals surface area contributed by atoms with Gasteiger partial charge in [-0.2, -0.15) is 0 Å². The number of hydrogen-bond donors (Lipinski definition) is 0. The fraction of sp³-hybridized carbons (Fsp3) is 0.500. The highest BCUT2D eigenvalue weighted by Gasteiger charge is 2.13. The van der Waals surface area contributed by atoms with E-state index in [0.717, 1.165) is 24.3 Å². The predicted molar refractivity (Wildman–Crippen MR) is 73.4 cm³/mol. The average Bonchev–Trinajstić information content (AvgIpc) is 2.67. The number of nitrogens with zero attached hydrogens (tertiary/aromatic N) is 2. The highest BCUT2D eigenvalue weighted by Crippen LogP contribution is 2.23. The number of rotatable bonds is 4. The van der Waals surface area contributed by atoms with Crippen LogP contribution in [0.4, 0.5) is 4.39 Å². The largest absolute Gasteiger partial charge is 0.327 e. The topological polar surface area (TPSA) is 17.8 Å². The van der Waals surface area contributed by atoms with Gasteiger partial charge >= 0.3 is 0 Å². The molecule has 0 amide bonds. The van der Waals surface area contributed by atoms with Gasteiger partial charge in [-0.05, 0) is 24.5 Å². The lowest BCUT2D eigenvalue weighted by Gasteiger charge is -2.13. The van der Waals surface area contributed by atoms with E-state index in [9.17, 15) is 4.39 Å². The van der Waals surface area contributed by atoms with Crippen LogP contribution in [0.15, 0.2) is 12.1 Å². The van der Waals surface area contributed by atoms with Crippen LogP contribution < -0.4 is 0 Å². The van der Waals surface area contributed by atoms with Crippen molar-refractivity contribution in [1.82, 2.24) is 9.55 Å². The summed E-state index contributed by atoms with van der Waals surface area (Å²) in [6.07, 6.45) is 1.10. The molecule has 0 aliphatic rings. The van der Waals surface area contributed by atoms with Crippen molar-refractivity contribution in [1.29, 1.82) is 0 Å². The van der Waals surface area contributed by atoms with Crippen molar-refractivity contribution in [3.8, 4) is 0 Å². The lowest BCUT2D eigenvalue weighted by atomic mass is 10.1. The maximum atomic E-state index is 13.5. The minimum absolute atomic E-state index is 0.211. The zero-order valence-electron chi connectivity index (χ0n) is 11.0. The summed E-state index contributed by atoms with van der Waals surface area (Å²) in [6, 6.07) is 3.35. The number of aryl methyl sites for hydroxylation is 1. The van der Waals surface area contributed by atoms with E-state index >= 15 is 0 Å². The first-order valence-corrected chi connectivity index (χ1v) is 6.81. The third kappa shape index (κ3) is 2.37. The van der Waals surface area contributed by atoms with Crippen molar-refractivity contribution in [3.63, 3.8) is 0 Å². The highest BCUT2D eigenvalue weighted by molar-refractivity contribution is 6.16. The molecular formula is C14H18ClFN2. The summed E-state index contributed by atoms with van der Waals surface area (Å²) < 4.78 is 15.7. The Hall–Kier alpha value is -1.09. The van der Waals surface area contributed by atoms with Crippen LogP contribution in [0.25, 0.3) is 11.0 Å². The zero-order chi connectivity index (χ0) is 13.3. The van der Waals surface area contributed by atoms with Gasteiger partial charge in [0, 0.05) is 12.6 Å². The molecule has 2 nitrogen and oxygen atoms in total. The molecule has 4 heteroatoms. The Labute approximate surface area is 112 Å². The molecule has 0 radical (unpaired) electrons. The first-order valence-electron chi connectivity index (χ1n) is 6.28. The van der Waals surface area contributed by atoms with Crippen LogP contribution in [0.5, 0.6) is 0 Å². The molecule has 1 aromatic heterocycles. The van der Waals surface area contributed by atoms with Crippen molar-refractivity contribution in [2.45, 2.75) is 39.6 Å². The fourth-order valence-corrected chi connectivity index (χ4v) is 2.25. The molecule has 98 valence electrons. The molecule has 1 unspecified atom stereocenters. The van der Waals surface area contributed by atoms with E-state index < -0.39 is 0 Å². The van der Waals surface area contributed by atoms with Crippen molar-refractivity contribution in [2.75, 3.05) is 0 Å². The molecule has 2 aromatic rings. The Morgan fingerprint density at radius 3 is 2.78 bits per heavy atom. The van der Waals surface area contributed by atoms with Crippen molar-refractivity contribution in [2.24, 2.45) is 5.92 Å². The van der Waals surface area contributed by atoms with Gasteiger partial charge in [-0.15, -0.1) is 11.6 Å². The van der Waals surface area contributed by atoms with Crippen LogP contribution >= 0.6 is 11.6 Å². The van der Waals surface area contributed by atoms with E-state index in [2.05, 4.69) is 23.4 Å². The molecule has 0 aliphatic carbocycles. The zero-order valence-corrected chi connectivity index (χ0v) is 11.8. The van der Waals surface area contributed by atoms with Gasteiger partial charge in [0.25, 0.3) is 0 Å². The Morgan fingerprint density at radius 2 is 2.17 bits per heavy atom. The Balaban J connectivity index is 2.57. The number of aromatic nitrogens is 2. The second kappa shape index (κ2) is 5.27. The van der Waals surface area contributed by atoms with Gasteiger partial charge in [0.1, 0.15) is 11.6 Å². The van der Waals surface area contributed by atoms with Crippen LogP contribution in [-0.4, -0.2) is 9.55 Å². The van der Waals surface area contributed by atoms with E-state index in [-0.39, 0.29) is 5.82 Å². The van der Waals surface area contributed by atoms with Crippen molar-refractivity contribution < 1.29 is 4.39 Å². The summed E-state index contributed by atoms with van der Waals surface area (Å²) in [6.45, 7) is 7.01. The molecule has 0 saturated heterocycles. The lowest BCUT2D eigenvalue weighted by Crippen LogP contribution is -2.09. The van der Waals surface area contributed by atoms with E-state index in [4.69, 9.17) is 11.6 Å². The molecule has 0 bridgehead atoms. The van der Waals surface area contributed by atoms with Gasteiger partial charge in [-0.25, -0.2) is 9.37 Å². The van der Waals surface area contributed by atoms with Crippen LogP contribution in [0.2, 0.25) is 0 Å². The molecule has 0 aliphatic heterocycles. The number of alkyl halides is 1. The molecule has 1 atom stereocenters. The van der Waals surface area contributed by atoms with Gasteiger partial charge in [-0.3, -0.25) is 0 Å². The minimum Gasteiger partial charge on any atom is -0.327 e. The standard InChI is InChI=1S/C14H18ClFN2/c1-4-9(2)8-18-13-5-10(3)11(16)6-12(13)17-14(18)7-15/h5-6,9H,4,7-8H2,1-3H3. The first kappa shape index (κ1) is 13.3. The van der Waals surface area contributed by atoms with Crippen LogP contribution in [0.3, 0.4) is 0 Å². The molecule has 0 saturated carbocycles. The summed E-state index contributed by atoms with van der Waals surface area (Å²) in [7, 11) is 0. The molecule has 1 aromatic carbocycles. The molecule has 0 N–H and O–H groups in total. The van der Waals surface area contributed by atoms with E-state index in [0.29, 0.717) is 22.9 Å². The van der Waals surface area contributed by atoms with Crippen LogP contribution in [0.1, 0.15) is 31.7 Å². The highest BCUT2D eigenvalue weighted by atomic mass is 35.5. The summed E-state index contributed by atoms with van der Waals surface area (Å²) in [5.41, 5.74) is 2.32. The molecule has 18 heavy (non-hydrogen) atoms. The smallest absolute Gasteiger partial charge is 0.128 e. The molecule has 2 rings (SSSR count). The molecular weight excluding hydrogens is 251 g/mol. The number of imidazole rings is 1. The van der Waals surface area contributed by atoms with Crippen molar-refractivity contribution in [3.05, 3.63) is 29.3 Å². The summed E-state index contributed by atoms with van der Waals surface area (Å²) >= 11 is 5.93. The second-order valence-electron chi connectivity index (χ2n) is 4.88. The number of fused-ring (bicyclic) bond motifs is 1. The van der Waals surface area contributed by atoms with Gasteiger partial charge in [0.05, 0.1) is 16.9 Å². The van der Waals surface area contributed by atoms with Gasteiger partial charge < -0.3 is 4.57 Å². The predicted octanol–water partition coefficient (Wildman–Crippen LogP) is 4.27. The molecule has 1 heterocycles. The maximum Gasteiger partial charge on any atom is 0.128 e. The normalized spacial score (nSPS) is 13.2. The van der Waals surface area contributed by atoms with Crippen LogP contribution in [0, 0.1) is 18.7 Å². The van der Waals surface area contributed by atoms with Gasteiger partial charge in [0.2, 0.25) is 0 Å². The van der Waals surface area contributed by atoms with Crippen molar-refractivity contribution >= 4 is 22.6 Å². The molecule has 0 spiro atoms. The Kier molecular flexibility index (Phi) is 3.91. The monoisotopic (exact) mass is 268 g/mol. The first-order chi connectivity index (χ1) is 8.56. The van der Waals surface area contributed by atoms with E-state index in [1.54, 1.807) is 6.92 Å². The van der Waals surface area contributed by atoms with Gasteiger partial charge in [-0.1, -0.05) is 20.3 Å². The lowest BCUT2D eigenvalue weighted by molar-refractivity contribution is 0.469. The van der Waals surface area contributed by atoms with Crippen LogP contribution in [-0.2, 0) is 12.4 Å². The second-order valence-corrected chi connectivity index (χ2v) is 5.14. The Bertz CT molecular complexity index is 562. The molecule has 0 fully saturated rings. The van der Waals surface area contributed by atoms with E-state index in [1.807, 2.05) is 6.07 Å². The average molecular weight is 269 g/mol. The quantitative estimate of drug-likeness (QED) is 0.757. The third-order valence-electron chi connectivity index (χ3n) is 3.42. The minimum atomic E-state index is -0.211. The SMILES string of the molecule is CCC(C)Cn1c(CCl)nc2cc(F)c(C)cc21. The Morgan fingerprint density at radius 1 is 1.44 bits per heavy atom. The summed E-state index contributed by atoms with van der Waals surface area (Å²) in [4.78, 5) is 4.41. The fourth-order valence-electron chi connectivity index (χ4n) is 2.05. The van der Waals surface area contributed by atoms with Gasteiger partial charge in [0.15, 0.2) is 0 Å². The number of hydrogen-bond acceptors (Lipinski definition) is 1. The number of halogens is 2.